The molecule has 0 bridgehead atoms. The average molecular weight is 436 g/mol. The molecule has 0 fully saturated rings. The Morgan fingerprint density at radius 3 is 2.48 bits per heavy atom. The first-order chi connectivity index (χ1) is 14.9. The summed E-state index contributed by atoms with van der Waals surface area (Å²) in [7, 11) is 1.52. The molecule has 0 saturated heterocycles. The number of fused-ring (bicyclic) bond motifs is 1. The topological polar surface area (TPSA) is 82.3 Å². The normalized spacial score (nSPS) is 10.9. The number of anilines is 1. The third-order valence-electron chi connectivity index (χ3n) is 4.90. The SMILES string of the molecule is COc1ccccc1NC(=O)Cn1c(=O)n(-c2cc(C)cc(C)c2)c(=O)c2sccc21. The second-order valence-corrected chi connectivity index (χ2v) is 8.15. The Labute approximate surface area is 182 Å². The molecule has 1 N–H and O–H groups in total. The highest BCUT2D eigenvalue weighted by Gasteiger charge is 2.18. The largest absolute Gasteiger partial charge is 0.495 e. The number of amides is 1. The number of nitrogens with zero attached hydrogens (tertiary/aromatic N) is 2. The fourth-order valence-electron chi connectivity index (χ4n) is 3.63. The molecule has 0 aliphatic rings. The molecule has 31 heavy (non-hydrogen) atoms. The van der Waals surface area contributed by atoms with E-state index in [9.17, 15) is 14.4 Å². The van der Waals surface area contributed by atoms with Gasteiger partial charge in [-0.2, -0.15) is 0 Å². The second kappa shape index (κ2) is 8.23. The molecule has 1 amide bonds. The fourth-order valence-corrected chi connectivity index (χ4v) is 4.45. The van der Waals surface area contributed by atoms with Gasteiger partial charge in [-0.05, 0) is 60.7 Å². The first-order valence-electron chi connectivity index (χ1n) is 9.63. The summed E-state index contributed by atoms with van der Waals surface area (Å²) in [4.78, 5) is 39.2. The first-order valence-corrected chi connectivity index (χ1v) is 10.5. The molecule has 0 unspecified atom stereocenters. The lowest BCUT2D eigenvalue weighted by Gasteiger charge is -2.14. The number of ether oxygens (including phenoxy) is 1. The molecule has 158 valence electrons. The molecule has 0 aliphatic heterocycles. The molecule has 2 aromatic heterocycles. The van der Waals surface area contributed by atoms with Crippen molar-refractivity contribution in [1.29, 1.82) is 0 Å². The number of methoxy groups -OCH3 is 1. The summed E-state index contributed by atoms with van der Waals surface area (Å²) in [5.74, 6) is 0.119. The van der Waals surface area contributed by atoms with Gasteiger partial charge in [0.15, 0.2) is 0 Å². The van der Waals surface area contributed by atoms with Crippen molar-refractivity contribution in [3.05, 3.63) is 85.9 Å². The standard InChI is InChI=1S/C23H21N3O4S/c1-14-10-15(2)12-16(11-14)26-22(28)21-18(8-9-31-21)25(23(26)29)13-20(27)24-17-6-4-5-7-19(17)30-3/h4-12H,13H2,1-3H3,(H,24,27). The van der Waals surface area contributed by atoms with E-state index in [4.69, 9.17) is 4.74 Å². The van der Waals surface area contributed by atoms with Crippen molar-refractivity contribution in [3.63, 3.8) is 0 Å². The monoisotopic (exact) mass is 435 g/mol. The molecule has 0 atom stereocenters. The number of rotatable bonds is 5. The number of hydrogen-bond acceptors (Lipinski definition) is 5. The van der Waals surface area contributed by atoms with Gasteiger partial charge in [0, 0.05) is 0 Å². The van der Waals surface area contributed by atoms with E-state index in [0.717, 1.165) is 15.7 Å². The number of thiophene rings is 1. The maximum Gasteiger partial charge on any atom is 0.336 e. The number of aryl methyl sites for hydroxylation is 2. The summed E-state index contributed by atoms with van der Waals surface area (Å²) >= 11 is 1.25. The highest BCUT2D eigenvalue weighted by Crippen LogP contribution is 2.23. The van der Waals surface area contributed by atoms with E-state index in [1.165, 1.54) is 23.0 Å². The molecular formula is C23H21N3O4S. The molecule has 2 heterocycles. The van der Waals surface area contributed by atoms with Gasteiger partial charge in [0.1, 0.15) is 17.0 Å². The van der Waals surface area contributed by atoms with Crippen molar-refractivity contribution in [2.45, 2.75) is 20.4 Å². The minimum absolute atomic E-state index is 0.241. The fraction of sp³-hybridized carbons (Fsp3) is 0.174. The zero-order valence-corrected chi connectivity index (χ0v) is 18.2. The van der Waals surface area contributed by atoms with Crippen LogP contribution in [-0.4, -0.2) is 22.2 Å². The van der Waals surface area contributed by atoms with Gasteiger partial charge in [0.25, 0.3) is 5.56 Å². The van der Waals surface area contributed by atoms with Gasteiger partial charge in [0.05, 0.1) is 24.0 Å². The lowest BCUT2D eigenvalue weighted by atomic mass is 10.1. The lowest BCUT2D eigenvalue weighted by Crippen LogP contribution is -2.40. The van der Waals surface area contributed by atoms with Crippen molar-refractivity contribution >= 4 is 33.1 Å². The quantitative estimate of drug-likeness (QED) is 0.520. The number of aromatic nitrogens is 2. The highest BCUT2D eigenvalue weighted by atomic mass is 32.1. The predicted octanol–water partition coefficient (Wildman–Crippen LogP) is 3.48. The third kappa shape index (κ3) is 3.89. The van der Waals surface area contributed by atoms with Gasteiger partial charge in [-0.15, -0.1) is 11.3 Å². The Kier molecular flexibility index (Phi) is 5.48. The maximum atomic E-state index is 13.4. The van der Waals surface area contributed by atoms with E-state index in [0.29, 0.717) is 27.3 Å². The van der Waals surface area contributed by atoms with E-state index in [1.807, 2.05) is 19.9 Å². The van der Waals surface area contributed by atoms with E-state index in [-0.39, 0.29) is 12.1 Å². The smallest absolute Gasteiger partial charge is 0.336 e. The Hall–Kier alpha value is -3.65. The molecule has 4 aromatic rings. The van der Waals surface area contributed by atoms with Gasteiger partial charge in [-0.25, -0.2) is 9.36 Å². The van der Waals surface area contributed by atoms with Crippen LogP contribution in [0.5, 0.6) is 5.75 Å². The van der Waals surface area contributed by atoms with Crippen molar-refractivity contribution in [1.82, 2.24) is 9.13 Å². The highest BCUT2D eigenvalue weighted by molar-refractivity contribution is 7.17. The molecule has 4 rings (SSSR count). The van der Waals surface area contributed by atoms with Crippen LogP contribution in [0, 0.1) is 13.8 Å². The second-order valence-electron chi connectivity index (χ2n) is 7.24. The van der Waals surface area contributed by atoms with Crippen LogP contribution >= 0.6 is 11.3 Å². The molecule has 2 aromatic carbocycles. The van der Waals surface area contributed by atoms with Crippen molar-refractivity contribution in [3.8, 4) is 11.4 Å². The van der Waals surface area contributed by atoms with Gasteiger partial charge in [-0.1, -0.05) is 18.2 Å². The summed E-state index contributed by atoms with van der Waals surface area (Å²) in [6.45, 7) is 3.57. The summed E-state index contributed by atoms with van der Waals surface area (Å²) < 4.78 is 8.15. The number of para-hydroxylation sites is 2. The van der Waals surface area contributed by atoms with Crippen LogP contribution in [-0.2, 0) is 11.3 Å². The van der Waals surface area contributed by atoms with Crippen LogP contribution < -0.4 is 21.3 Å². The minimum Gasteiger partial charge on any atom is -0.495 e. The average Bonchev–Trinajstić information content (AvgIpc) is 3.21. The number of carbonyl (C=O) groups excluding carboxylic acids is 1. The Morgan fingerprint density at radius 2 is 1.77 bits per heavy atom. The Morgan fingerprint density at radius 1 is 1.06 bits per heavy atom. The third-order valence-corrected chi connectivity index (χ3v) is 5.79. The first kappa shape index (κ1) is 20.6. The maximum absolute atomic E-state index is 13.4. The number of carbonyl (C=O) groups is 1. The van der Waals surface area contributed by atoms with Crippen LogP contribution in [0.2, 0.25) is 0 Å². The minimum atomic E-state index is -0.559. The van der Waals surface area contributed by atoms with Crippen LogP contribution in [0.25, 0.3) is 15.9 Å². The summed E-state index contributed by atoms with van der Waals surface area (Å²) in [5.41, 5.74) is 2.36. The zero-order chi connectivity index (χ0) is 22.1. The van der Waals surface area contributed by atoms with Gasteiger partial charge < -0.3 is 10.1 Å². The summed E-state index contributed by atoms with van der Waals surface area (Å²) in [5, 5.41) is 4.52. The predicted molar refractivity (Wildman–Crippen MR) is 123 cm³/mol. The summed E-state index contributed by atoms with van der Waals surface area (Å²) in [6.07, 6.45) is 0. The van der Waals surface area contributed by atoms with Crippen molar-refractivity contribution in [2.24, 2.45) is 0 Å². The van der Waals surface area contributed by atoms with Crippen LogP contribution in [0.15, 0.2) is 63.5 Å². The number of benzene rings is 2. The molecule has 0 aliphatic carbocycles. The molecule has 0 saturated carbocycles. The summed E-state index contributed by atoms with van der Waals surface area (Å²) in [6, 6.07) is 14.3. The molecule has 8 heteroatoms. The Balaban J connectivity index is 1.81. The van der Waals surface area contributed by atoms with Gasteiger partial charge in [0.2, 0.25) is 5.91 Å². The molecule has 7 nitrogen and oxygen atoms in total. The van der Waals surface area contributed by atoms with E-state index < -0.39 is 11.6 Å². The van der Waals surface area contributed by atoms with E-state index in [1.54, 1.807) is 47.8 Å². The van der Waals surface area contributed by atoms with E-state index >= 15 is 0 Å². The molecule has 0 radical (unpaired) electrons. The van der Waals surface area contributed by atoms with Crippen molar-refractivity contribution < 1.29 is 9.53 Å². The molecule has 0 spiro atoms. The lowest BCUT2D eigenvalue weighted by molar-refractivity contribution is -0.116. The number of nitrogens with one attached hydrogen (secondary N) is 1. The Bertz CT molecular complexity index is 1390. The van der Waals surface area contributed by atoms with Crippen molar-refractivity contribution in [2.75, 3.05) is 12.4 Å². The number of hydrogen-bond donors (Lipinski definition) is 1. The van der Waals surface area contributed by atoms with E-state index in [2.05, 4.69) is 5.32 Å². The zero-order valence-electron chi connectivity index (χ0n) is 17.3. The molecular weight excluding hydrogens is 414 g/mol. The van der Waals surface area contributed by atoms with Crippen LogP contribution in [0.1, 0.15) is 11.1 Å². The van der Waals surface area contributed by atoms with Gasteiger partial charge >= 0.3 is 5.69 Å². The van der Waals surface area contributed by atoms with Crippen LogP contribution in [0.3, 0.4) is 0 Å². The van der Waals surface area contributed by atoms with Crippen LogP contribution in [0.4, 0.5) is 5.69 Å². The van der Waals surface area contributed by atoms with Gasteiger partial charge in [-0.3, -0.25) is 14.2 Å².